The number of hydrogen-bond acceptors (Lipinski definition) is 2. The van der Waals surface area contributed by atoms with Gasteiger partial charge in [0.2, 0.25) is 0 Å². The van der Waals surface area contributed by atoms with Crippen LogP contribution in [0.25, 0.3) is 10.9 Å². The predicted molar refractivity (Wildman–Crippen MR) is 67.3 cm³/mol. The summed E-state index contributed by atoms with van der Waals surface area (Å²) < 4.78 is 8.22. The monoisotopic (exact) mass is 281 g/mol. The largest absolute Gasteiger partial charge is 0.495 e. The third kappa shape index (κ3) is 1.45. The van der Waals surface area contributed by atoms with Gasteiger partial charge in [0.25, 0.3) is 0 Å². The first-order valence-electron chi connectivity index (χ1n) is 4.87. The fourth-order valence-electron chi connectivity index (χ4n) is 1.97. The number of methoxy groups -OCH3 is 1. The first-order valence-corrected chi connectivity index (χ1v) is 5.67. The molecule has 0 aliphatic heterocycles. The van der Waals surface area contributed by atoms with Gasteiger partial charge in [-0.1, -0.05) is 15.9 Å². The maximum atomic E-state index is 11.1. The van der Waals surface area contributed by atoms with Gasteiger partial charge >= 0.3 is 0 Å². The summed E-state index contributed by atoms with van der Waals surface area (Å²) >= 11 is 3.42. The summed E-state index contributed by atoms with van der Waals surface area (Å²) in [5, 5.41) is 0.918. The molecule has 0 fully saturated rings. The average Bonchev–Trinajstić information content (AvgIpc) is 2.50. The normalized spacial score (nSPS) is 10.8. The van der Waals surface area contributed by atoms with Crippen LogP contribution in [0.5, 0.6) is 5.75 Å². The smallest absolute Gasteiger partial charge is 0.152 e. The van der Waals surface area contributed by atoms with Crippen molar-refractivity contribution in [3.05, 3.63) is 27.9 Å². The number of aromatic nitrogens is 1. The van der Waals surface area contributed by atoms with Gasteiger partial charge in [0.15, 0.2) is 6.29 Å². The van der Waals surface area contributed by atoms with E-state index in [1.807, 2.05) is 30.7 Å². The molecule has 3 nitrogen and oxygen atoms in total. The van der Waals surface area contributed by atoms with E-state index in [0.717, 1.165) is 38.7 Å². The second-order valence-electron chi connectivity index (χ2n) is 3.68. The van der Waals surface area contributed by atoms with Crippen molar-refractivity contribution in [1.29, 1.82) is 0 Å². The van der Waals surface area contributed by atoms with Crippen LogP contribution < -0.4 is 4.74 Å². The van der Waals surface area contributed by atoms with Gasteiger partial charge in [-0.3, -0.25) is 4.79 Å². The third-order valence-electron chi connectivity index (χ3n) is 2.90. The second-order valence-corrected chi connectivity index (χ2v) is 4.60. The van der Waals surface area contributed by atoms with Gasteiger partial charge in [0, 0.05) is 28.2 Å². The van der Waals surface area contributed by atoms with E-state index in [-0.39, 0.29) is 0 Å². The SMILES string of the molecule is COc1cc(Br)cc2c(C=O)c(C)n(C)c12. The summed E-state index contributed by atoms with van der Waals surface area (Å²) in [5.41, 5.74) is 2.61. The van der Waals surface area contributed by atoms with Crippen molar-refractivity contribution in [3.63, 3.8) is 0 Å². The van der Waals surface area contributed by atoms with E-state index >= 15 is 0 Å². The van der Waals surface area contributed by atoms with Gasteiger partial charge in [-0.25, -0.2) is 0 Å². The van der Waals surface area contributed by atoms with E-state index in [1.165, 1.54) is 0 Å². The van der Waals surface area contributed by atoms with Gasteiger partial charge in [-0.2, -0.15) is 0 Å². The average molecular weight is 282 g/mol. The zero-order valence-electron chi connectivity index (χ0n) is 9.37. The Balaban J connectivity index is 2.99. The molecule has 0 unspecified atom stereocenters. The summed E-state index contributed by atoms with van der Waals surface area (Å²) in [7, 11) is 3.56. The van der Waals surface area contributed by atoms with Crippen LogP contribution in [0.3, 0.4) is 0 Å². The van der Waals surface area contributed by atoms with Crippen molar-refractivity contribution >= 4 is 33.1 Å². The Labute approximate surface area is 102 Å². The molecule has 0 radical (unpaired) electrons. The van der Waals surface area contributed by atoms with E-state index < -0.39 is 0 Å². The molecule has 0 amide bonds. The van der Waals surface area contributed by atoms with Crippen LogP contribution in [0.15, 0.2) is 16.6 Å². The fraction of sp³-hybridized carbons (Fsp3) is 0.250. The molecule has 4 heteroatoms. The predicted octanol–water partition coefficient (Wildman–Crippen LogP) is 3.07. The number of fused-ring (bicyclic) bond motifs is 1. The first-order chi connectivity index (χ1) is 7.60. The lowest BCUT2D eigenvalue weighted by atomic mass is 10.1. The highest BCUT2D eigenvalue weighted by Gasteiger charge is 2.15. The van der Waals surface area contributed by atoms with E-state index in [2.05, 4.69) is 15.9 Å². The topological polar surface area (TPSA) is 31.2 Å². The molecule has 0 atom stereocenters. The summed E-state index contributed by atoms with van der Waals surface area (Å²) in [4.78, 5) is 11.1. The number of nitrogens with zero attached hydrogens (tertiary/aromatic N) is 1. The minimum atomic E-state index is 0.720. The zero-order chi connectivity index (χ0) is 11.9. The van der Waals surface area contributed by atoms with Crippen molar-refractivity contribution in [2.75, 3.05) is 7.11 Å². The fourth-order valence-corrected chi connectivity index (χ4v) is 2.41. The third-order valence-corrected chi connectivity index (χ3v) is 3.35. The minimum absolute atomic E-state index is 0.720. The van der Waals surface area contributed by atoms with E-state index in [4.69, 9.17) is 4.74 Å². The lowest BCUT2D eigenvalue weighted by molar-refractivity contribution is 0.112. The number of benzene rings is 1. The zero-order valence-corrected chi connectivity index (χ0v) is 11.0. The molecule has 0 spiro atoms. The Morgan fingerprint density at radius 1 is 1.44 bits per heavy atom. The molecule has 2 rings (SSSR count). The summed E-state index contributed by atoms with van der Waals surface area (Å²) in [6.07, 6.45) is 0.892. The molecule has 0 aliphatic rings. The van der Waals surface area contributed by atoms with Gasteiger partial charge in [0.05, 0.1) is 12.6 Å². The summed E-state index contributed by atoms with van der Waals surface area (Å²) in [6.45, 7) is 1.93. The molecule has 0 aliphatic carbocycles. The molecule has 2 aromatic rings. The second kappa shape index (κ2) is 3.94. The van der Waals surface area contributed by atoms with Crippen LogP contribution in [-0.4, -0.2) is 18.0 Å². The molecule has 0 saturated heterocycles. The van der Waals surface area contributed by atoms with Crippen LogP contribution in [-0.2, 0) is 7.05 Å². The lowest BCUT2D eigenvalue weighted by Gasteiger charge is -2.06. The van der Waals surface area contributed by atoms with Crippen molar-refractivity contribution in [2.24, 2.45) is 7.05 Å². The van der Waals surface area contributed by atoms with E-state index in [1.54, 1.807) is 7.11 Å². The Morgan fingerprint density at radius 3 is 2.69 bits per heavy atom. The van der Waals surface area contributed by atoms with E-state index in [0.29, 0.717) is 0 Å². The lowest BCUT2D eigenvalue weighted by Crippen LogP contribution is -1.93. The number of hydrogen-bond donors (Lipinski definition) is 0. The summed E-state index contributed by atoms with van der Waals surface area (Å²) in [6, 6.07) is 3.84. The molecule has 1 heterocycles. The van der Waals surface area contributed by atoms with Gasteiger partial charge in [0.1, 0.15) is 5.75 Å². The van der Waals surface area contributed by atoms with Crippen molar-refractivity contribution in [3.8, 4) is 5.75 Å². The van der Waals surface area contributed by atoms with Crippen molar-refractivity contribution in [1.82, 2.24) is 4.57 Å². The Kier molecular flexibility index (Phi) is 2.76. The van der Waals surface area contributed by atoms with Crippen LogP contribution >= 0.6 is 15.9 Å². The molecule has 16 heavy (non-hydrogen) atoms. The maximum Gasteiger partial charge on any atom is 0.152 e. The highest BCUT2D eigenvalue weighted by atomic mass is 79.9. The van der Waals surface area contributed by atoms with Crippen molar-refractivity contribution in [2.45, 2.75) is 6.92 Å². The Morgan fingerprint density at radius 2 is 2.12 bits per heavy atom. The van der Waals surface area contributed by atoms with Gasteiger partial charge in [-0.05, 0) is 19.1 Å². The number of carbonyl (C=O) groups excluding carboxylic acids is 1. The molecule has 0 N–H and O–H groups in total. The standard InChI is InChI=1S/C12H12BrNO2/c1-7-10(6-15)9-4-8(13)5-11(16-3)12(9)14(7)2/h4-6H,1-3H3. The number of aldehydes is 1. The molecular formula is C12H12BrNO2. The van der Waals surface area contributed by atoms with Gasteiger partial charge in [-0.15, -0.1) is 0 Å². The maximum absolute atomic E-state index is 11.1. The highest BCUT2D eigenvalue weighted by molar-refractivity contribution is 9.10. The van der Waals surface area contributed by atoms with Crippen LogP contribution in [0.4, 0.5) is 0 Å². The molecule has 0 bridgehead atoms. The molecular weight excluding hydrogens is 270 g/mol. The molecule has 84 valence electrons. The number of ether oxygens (including phenoxy) is 1. The van der Waals surface area contributed by atoms with Crippen LogP contribution in [0.1, 0.15) is 16.1 Å². The number of halogens is 1. The quantitative estimate of drug-likeness (QED) is 0.793. The molecule has 1 aromatic heterocycles. The molecule has 1 aromatic carbocycles. The van der Waals surface area contributed by atoms with Crippen LogP contribution in [0.2, 0.25) is 0 Å². The molecule has 0 saturated carbocycles. The van der Waals surface area contributed by atoms with E-state index in [9.17, 15) is 4.79 Å². The van der Waals surface area contributed by atoms with Crippen LogP contribution in [0, 0.1) is 6.92 Å². The first kappa shape index (κ1) is 11.2. The number of carbonyl (C=O) groups is 1. The van der Waals surface area contributed by atoms with Gasteiger partial charge < -0.3 is 9.30 Å². The number of rotatable bonds is 2. The number of aryl methyl sites for hydroxylation is 1. The Bertz CT molecular complexity index is 572. The Hall–Kier alpha value is -1.29. The van der Waals surface area contributed by atoms with Crippen molar-refractivity contribution < 1.29 is 9.53 Å². The summed E-state index contributed by atoms with van der Waals surface area (Å²) in [5.74, 6) is 0.767. The minimum Gasteiger partial charge on any atom is -0.495 e. The highest BCUT2D eigenvalue weighted by Crippen LogP contribution is 2.34.